The second-order valence-electron chi connectivity index (χ2n) is 6.86. The van der Waals surface area contributed by atoms with E-state index in [1.165, 1.54) is 7.11 Å². The molecular formula is C19H19NO6. The first-order valence-electron chi connectivity index (χ1n) is 8.54. The maximum atomic E-state index is 13.1. The molecule has 0 radical (unpaired) electrons. The third-order valence-corrected chi connectivity index (χ3v) is 5.25. The van der Waals surface area contributed by atoms with Crippen LogP contribution >= 0.6 is 0 Å². The summed E-state index contributed by atoms with van der Waals surface area (Å²) in [6.45, 7) is 1.97. The van der Waals surface area contributed by atoms with Crippen LogP contribution < -0.4 is 14.8 Å². The fourth-order valence-electron chi connectivity index (χ4n) is 4.01. The van der Waals surface area contributed by atoms with E-state index in [4.69, 9.17) is 14.2 Å². The van der Waals surface area contributed by atoms with E-state index >= 15 is 0 Å². The quantitative estimate of drug-likeness (QED) is 0.640. The first kappa shape index (κ1) is 16.6. The molecule has 2 heterocycles. The maximum absolute atomic E-state index is 13.1. The number of ketones is 1. The molecule has 136 valence electrons. The van der Waals surface area contributed by atoms with Crippen molar-refractivity contribution >= 4 is 17.7 Å². The predicted molar refractivity (Wildman–Crippen MR) is 89.4 cm³/mol. The van der Waals surface area contributed by atoms with Crippen molar-refractivity contribution < 1.29 is 28.6 Å². The summed E-state index contributed by atoms with van der Waals surface area (Å²) in [5.74, 6) is -1.20. The molecule has 0 unspecified atom stereocenters. The SMILES string of the molecule is COC(=O)[C@@H]1C(=O)C2=C(C[C@@H]1C)NC(=O)C[C@H]2c1ccc2c(c1)OCO2. The van der Waals surface area contributed by atoms with Gasteiger partial charge in [-0.25, -0.2) is 0 Å². The summed E-state index contributed by atoms with van der Waals surface area (Å²) in [5, 5.41) is 2.82. The summed E-state index contributed by atoms with van der Waals surface area (Å²) in [7, 11) is 1.28. The van der Waals surface area contributed by atoms with Crippen molar-refractivity contribution in [3.8, 4) is 11.5 Å². The largest absolute Gasteiger partial charge is 0.468 e. The lowest BCUT2D eigenvalue weighted by Gasteiger charge is -2.36. The number of fused-ring (bicyclic) bond motifs is 1. The molecule has 0 saturated heterocycles. The zero-order valence-electron chi connectivity index (χ0n) is 14.5. The minimum absolute atomic E-state index is 0.136. The molecule has 2 aliphatic heterocycles. The van der Waals surface area contributed by atoms with Crippen LogP contribution in [-0.2, 0) is 19.1 Å². The number of carbonyl (C=O) groups is 3. The maximum Gasteiger partial charge on any atom is 0.316 e. The van der Waals surface area contributed by atoms with Crippen molar-refractivity contribution in [2.45, 2.75) is 25.7 Å². The van der Waals surface area contributed by atoms with Gasteiger partial charge in [-0.1, -0.05) is 13.0 Å². The molecule has 4 rings (SSSR count). The Morgan fingerprint density at radius 1 is 1.19 bits per heavy atom. The van der Waals surface area contributed by atoms with Gasteiger partial charge in [-0.05, 0) is 30.0 Å². The van der Waals surface area contributed by atoms with Crippen LogP contribution in [0, 0.1) is 11.8 Å². The molecule has 0 bridgehead atoms. The zero-order chi connectivity index (χ0) is 18.4. The standard InChI is InChI=1S/C19H19NO6/c1-9-5-12-17(18(22)16(9)19(23)24-2)11(7-15(21)20-12)10-3-4-13-14(6-10)26-8-25-13/h3-4,6,9,11,16H,5,7-8H2,1-2H3,(H,20,21)/t9-,11-,16-/m0/s1. The second-order valence-corrected chi connectivity index (χ2v) is 6.86. The molecule has 1 aliphatic carbocycles. The van der Waals surface area contributed by atoms with Crippen molar-refractivity contribution in [1.29, 1.82) is 0 Å². The van der Waals surface area contributed by atoms with E-state index in [9.17, 15) is 14.4 Å². The fraction of sp³-hybridized carbons (Fsp3) is 0.421. The molecular weight excluding hydrogens is 338 g/mol. The highest BCUT2D eigenvalue weighted by molar-refractivity contribution is 6.11. The van der Waals surface area contributed by atoms with E-state index < -0.39 is 17.8 Å². The average Bonchev–Trinajstić information content (AvgIpc) is 3.08. The average molecular weight is 357 g/mol. The smallest absolute Gasteiger partial charge is 0.316 e. The van der Waals surface area contributed by atoms with Crippen LogP contribution in [0.15, 0.2) is 29.5 Å². The van der Waals surface area contributed by atoms with Gasteiger partial charge in [-0.15, -0.1) is 0 Å². The predicted octanol–water partition coefficient (Wildman–Crippen LogP) is 1.67. The Bertz CT molecular complexity index is 842. The second kappa shape index (κ2) is 6.16. The van der Waals surface area contributed by atoms with Gasteiger partial charge in [0.25, 0.3) is 0 Å². The Balaban J connectivity index is 1.77. The van der Waals surface area contributed by atoms with Crippen molar-refractivity contribution in [3.05, 3.63) is 35.0 Å². The Kier molecular flexibility index (Phi) is 3.94. The summed E-state index contributed by atoms with van der Waals surface area (Å²) < 4.78 is 15.6. The van der Waals surface area contributed by atoms with Crippen LogP contribution in [0.4, 0.5) is 0 Å². The van der Waals surface area contributed by atoms with Gasteiger partial charge >= 0.3 is 5.97 Å². The highest BCUT2D eigenvalue weighted by Crippen LogP contribution is 2.44. The van der Waals surface area contributed by atoms with Gasteiger partial charge in [-0.2, -0.15) is 0 Å². The summed E-state index contributed by atoms with van der Waals surface area (Å²) in [6, 6.07) is 5.41. The first-order chi connectivity index (χ1) is 12.5. The molecule has 0 spiro atoms. The molecule has 0 saturated carbocycles. The van der Waals surface area contributed by atoms with Gasteiger partial charge in [0.05, 0.1) is 7.11 Å². The van der Waals surface area contributed by atoms with Crippen molar-refractivity contribution in [1.82, 2.24) is 5.32 Å². The number of amides is 1. The molecule has 1 N–H and O–H groups in total. The lowest BCUT2D eigenvalue weighted by Crippen LogP contribution is -2.44. The molecule has 0 fully saturated rings. The number of hydrogen-bond donors (Lipinski definition) is 1. The number of hydrogen-bond acceptors (Lipinski definition) is 6. The Labute approximate surface area is 150 Å². The van der Waals surface area contributed by atoms with E-state index in [0.717, 1.165) is 5.56 Å². The summed E-state index contributed by atoms with van der Waals surface area (Å²) in [6.07, 6.45) is 0.597. The number of rotatable bonds is 2. The molecule has 26 heavy (non-hydrogen) atoms. The summed E-state index contributed by atoms with van der Waals surface area (Å²) in [5.41, 5.74) is 1.90. The Morgan fingerprint density at radius 2 is 1.96 bits per heavy atom. The number of carbonyl (C=O) groups excluding carboxylic acids is 3. The van der Waals surface area contributed by atoms with Crippen LogP contribution in [0.1, 0.15) is 31.2 Å². The topological polar surface area (TPSA) is 90.9 Å². The van der Waals surface area contributed by atoms with E-state index in [1.807, 2.05) is 13.0 Å². The minimum Gasteiger partial charge on any atom is -0.468 e. The molecule has 1 aromatic carbocycles. The number of Topliss-reactive ketones (excluding diaryl/α,β-unsaturated/α-hetero) is 1. The third kappa shape index (κ3) is 2.55. The van der Waals surface area contributed by atoms with Crippen LogP contribution in [0.25, 0.3) is 0 Å². The van der Waals surface area contributed by atoms with Gasteiger partial charge in [0.15, 0.2) is 17.3 Å². The summed E-state index contributed by atoms with van der Waals surface area (Å²) >= 11 is 0. The molecule has 7 heteroatoms. The zero-order valence-corrected chi connectivity index (χ0v) is 14.5. The van der Waals surface area contributed by atoms with E-state index in [2.05, 4.69) is 5.32 Å². The van der Waals surface area contributed by atoms with Crippen molar-refractivity contribution in [2.24, 2.45) is 11.8 Å². The van der Waals surface area contributed by atoms with Gasteiger partial charge in [-0.3, -0.25) is 14.4 Å². The van der Waals surface area contributed by atoms with E-state index in [-0.39, 0.29) is 30.8 Å². The van der Waals surface area contributed by atoms with Gasteiger partial charge < -0.3 is 19.5 Å². The van der Waals surface area contributed by atoms with Crippen molar-refractivity contribution in [2.75, 3.05) is 13.9 Å². The fourth-order valence-corrected chi connectivity index (χ4v) is 4.01. The normalized spacial score (nSPS) is 27.1. The highest BCUT2D eigenvalue weighted by Gasteiger charge is 2.45. The van der Waals surface area contributed by atoms with Gasteiger partial charge in [0.1, 0.15) is 5.92 Å². The molecule has 1 amide bonds. The Morgan fingerprint density at radius 3 is 2.73 bits per heavy atom. The van der Waals surface area contributed by atoms with Gasteiger partial charge in [0, 0.05) is 23.6 Å². The number of ether oxygens (including phenoxy) is 3. The number of esters is 1. The van der Waals surface area contributed by atoms with Crippen LogP contribution in [-0.4, -0.2) is 31.6 Å². The van der Waals surface area contributed by atoms with E-state index in [1.54, 1.807) is 12.1 Å². The molecule has 1 aromatic rings. The number of nitrogens with one attached hydrogen (secondary N) is 1. The number of allylic oxidation sites excluding steroid dienone is 2. The monoisotopic (exact) mass is 357 g/mol. The molecule has 7 nitrogen and oxygen atoms in total. The first-order valence-corrected chi connectivity index (χ1v) is 8.54. The van der Waals surface area contributed by atoms with E-state index in [0.29, 0.717) is 29.2 Å². The molecule has 3 atom stereocenters. The molecule has 0 aromatic heterocycles. The highest BCUT2D eigenvalue weighted by atomic mass is 16.7. The van der Waals surface area contributed by atoms with Crippen LogP contribution in [0.2, 0.25) is 0 Å². The number of benzene rings is 1. The van der Waals surface area contributed by atoms with Crippen LogP contribution in [0.3, 0.4) is 0 Å². The van der Waals surface area contributed by atoms with Crippen LogP contribution in [0.5, 0.6) is 11.5 Å². The van der Waals surface area contributed by atoms with Gasteiger partial charge in [0.2, 0.25) is 12.7 Å². The van der Waals surface area contributed by atoms with Crippen molar-refractivity contribution in [3.63, 3.8) is 0 Å². The lowest BCUT2D eigenvalue weighted by molar-refractivity contribution is -0.151. The third-order valence-electron chi connectivity index (χ3n) is 5.25. The number of methoxy groups -OCH3 is 1. The summed E-state index contributed by atoms with van der Waals surface area (Å²) in [4.78, 5) is 37.5. The lowest BCUT2D eigenvalue weighted by atomic mass is 9.70. The minimum atomic E-state index is -0.842. The Hall–Kier alpha value is -2.83. The molecule has 3 aliphatic rings.